The Kier molecular flexibility index (Phi) is 7.26. The zero-order valence-corrected chi connectivity index (χ0v) is 19.1. The van der Waals surface area contributed by atoms with Crippen LogP contribution in [0.1, 0.15) is 18.4 Å². The third kappa shape index (κ3) is 5.71. The SMILES string of the molecule is COc1ccc(NC(=O)C2CCCN2CC(=O)Nc2ccnn2Cc2ccccc2Cl)cc1. The normalized spacial score (nSPS) is 15.9. The van der Waals surface area contributed by atoms with Crippen LogP contribution in [0.2, 0.25) is 5.02 Å². The number of anilines is 2. The van der Waals surface area contributed by atoms with E-state index in [2.05, 4.69) is 15.7 Å². The highest BCUT2D eigenvalue weighted by Gasteiger charge is 2.32. The largest absolute Gasteiger partial charge is 0.497 e. The highest BCUT2D eigenvalue weighted by molar-refractivity contribution is 6.31. The number of halogens is 1. The molecule has 0 spiro atoms. The van der Waals surface area contributed by atoms with Crippen LogP contribution in [0.25, 0.3) is 0 Å². The molecule has 9 heteroatoms. The summed E-state index contributed by atoms with van der Waals surface area (Å²) < 4.78 is 6.84. The van der Waals surface area contributed by atoms with E-state index < -0.39 is 0 Å². The Morgan fingerprint density at radius 3 is 2.67 bits per heavy atom. The van der Waals surface area contributed by atoms with Crippen molar-refractivity contribution in [1.29, 1.82) is 0 Å². The topological polar surface area (TPSA) is 88.5 Å². The number of rotatable bonds is 8. The van der Waals surface area contributed by atoms with Crippen LogP contribution < -0.4 is 15.4 Å². The molecule has 0 aliphatic carbocycles. The van der Waals surface area contributed by atoms with Crippen LogP contribution in [0, 0.1) is 0 Å². The fourth-order valence-corrected chi connectivity index (χ4v) is 4.13. The number of benzene rings is 2. The summed E-state index contributed by atoms with van der Waals surface area (Å²) in [4.78, 5) is 27.5. The van der Waals surface area contributed by atoms with E-state index in [9.17, 15) is 9.59 Å². The molecule has 1 aromatic heterocycles. The number of methoxy groups -OCH3 is 1. The summed E-state index contributed by atoms with van der Waals surface area (Å²) in [6.45, 7) is 1.25. The Morgan fingerprint density at radius 2 is 1.91 bits per heavy atom. The van der Waals surface area contributed by atoms with Gasteiger partial charge in [-0.1, -0.05) is 29.8 Å². The van der Waals surface area contributed by atoms with Gasteiger partial charge in [0.1, 0.15) is 11.6 Å². The molecule has 1 fully saturated rings. The molecule has 33 heavy (non-hydrogen) atoms. The van der Waals surface area contributed by atoms with Gasteiger partial charge in [-0.25, -0.2) is 4.68 Å². The van der Waals surface area contributed by atoms with Crippen molar-refractivity contribution < 1.29 is 14.3 Å². The Bertz CT molecular complexity index is 1120. The predicted molar refractivity (Wildman–Crippen MR) is 128 cm³/mol. The van der Waals surface area contributed by atoms with E-state index in [0.29, 0.717) is 36.0 Å². The van der Waals surface area contributed by atoms with Gasteiger partial charge in [0, 0.05) is 16.8 Å². The van der Waals surface area contributed by atoms with Gasteiger partial charge in [-0.05, 0) is 55.3 Å². The summed E-state index contributed by atoms with van der Waals surface area (Å²) in [6, 6.07) is 16.1. The van der Waals surface area contributed by atoms with E-state index in [-0.39, 0.29) is 24.4 Å². The highest BCUT2D eigenvalue weighted by Crippen LogP contribution is 2.21. The molecule has 2 aromatic carbocycles. The minimum Gasteiger partial charge on any atom is -0.497 e. The van der Waals surface area contributed by atoms with Gasteiger partial charge >= 0.3 is 0 Å². The molecule has 1 atom stereocenters. The standard InChI is InChI=1S/C24H26ClN5O3/c1-33-19-10-8-18(9-11-19)27-24(32)21-7-4-14-29(21)16-23(31)28-22-12-13-26-30(22)15-17-5-2-3-6-20(17)25/h2-3,5-6,8-13,21H,4,7,14-16H2,1H3,(H,27,32)(H,28,31). The van der Waals surface area contributed by atoms with Crippen LogP contribution >= 0.6 is 11.6 Å². The second kappa shape index (κ2) is 10.5. The zero-order valence-electron chi connectivity index (χ0n) is 18.3. The molecule has 172 valence electrons. The van der Waals surface area contributed by atoms with Crippen molar-refractivity contribution in [3.63, 3.8) is 0 Å². The molecule has 8 nitrogen and oxygen atoms in total. The number of ether oxygens (including phenoxy) is 1. The van der Waals surface area contributed by atoms with E-state index in [1.165, 1.54) is 0 Å². The lowest BCUT2D eigenvalue weighted by atomic mass is 10.2. The fraction of sp³-hybridized carbons (Fsp3) is 0.292. The van der Waals surface area contributed by atoms with Gasteiger partial charge in [0.2, 0.25) is 11.8 Å². The number of nitrogens with one attached hydrogen (secondary N) is 2. The maximum Gasteiger partial charge on any atom is 0.241 e. The van der Waals surface area contributed by atoms with Crippen molar-refractivity contribution in [2.24, 2.45) is 0 Å². The molecule has 1 aliphatic heterocycles. The quantitative estimate of drug-likeness (QED) is 0.528. The molecule has 2 N–H and O–H groups in total. The first-order valence-electron chi connectivity index (χ1n) is 10.8. The first-order chi connectivity index (χ1) is 16.0. The zero-order chi connectivity index (χ0) is 23.2. The second-order valence-corrected chi connectivity index (χ2v) is 8.27. The molecule has 4 rings (SSSR count). The Hall–Kier alpha value is -3.36. The summed E-state index contributed by atoms with van der Waals surface area (Å²) in [5.74, 6) is 0.994. The molecule has 2 heterocycles. The minimum atomic E-state index is -0.356. The Morgan fingerprint density at radius 1 is 1.12 bits per heavy atom. The van der Waals surface area contributed by atoms with Gasteiger partial charge < -0.3 is 15.4 Å². The van der Waals surface area contributed by atoms with Crippen LogP contribution in [0.15, 0.2) is 60.8 Å². The molecule has 0 saturated carbocycles. The first-order valence-corrected chi connectivity index (χ1v) is 11.2. The average Bonchev–Trinajstić information content (AvgIpc) is 3.45. The third-order valence-corrected chi connectivity index (χ3v) is 6.00. The second-order valence-electron chi connectivity index (χ2n) is 7.86. The molecular weight excluding hydrogens is 442 g/mol. The maximum absolute atomic E-state index is 12.8. The molecule has 3 aromatic rings. The monoisotopic (exact) mass is 467 g/mol. The molecule has 0 bridgehead atoms. The minimum absolute atomic E-state index is 0.116. The number of aromatic nitrogens is 2. The molecule has 0 radical (unpaired) electrons. The van der Waals surface area contributed by atoms with Gasteiger partial charge in [-0.2, -0.15) is 5.10 Å². The van der Waals surface area contributed by atoms with Crippen molar-refractivity contribution in [1.82, 2.24) is 14.7 Å². The first kappa shape index (κ1) is 22.8. The molecule has 1 unspecified atom stereocenters. The average molecular weight is 468 g/mol. The van der Waals surface area contributed by atoms with Gasteiger partial charge in [-0.3, -0.25) is 14.5 Å². The van der Waals surface area contributed by atoms with Crippen molar-refractivity contribution in [3.8, 4) is 5.75 Å². The number of amides is 2. The lowest BCUT2D eigenvalue weighted by Crippen LogP contribution is -2.43. The maximum atomic E-state index is 12.8. The van der Waals surface area contributed by atoms with Crippen LogP contribution in [0.4, 0.5) is 11.5 Å². The summed E-state index contributed by atoms with van der Waals surface area (Å²) in [5.41, 5.74) is 1.61. The number of hydrogen-bond donors (Lipinski definition) is 2. The van der Waals surface area contributed by atoms with Crippen molar-refractivity contribution in [2.75, 3.05) is 30.8 Å². The van der Waals surface area contributed by atoms with Crippen molar-refractivity contribution in [2.45, 2.75) is 25.4 Å². The Labute approximate surface area is 197 Å². The van der Waals surface area contributed by atoms with E-state index >= 15 is 0 Å². The summed E-state index contributed by atoms with van der Waals surface area (Å²) >= 11 is 6.25. The summed E-state index contributed by atoms with van der Waals surface area (Å²) in [5, 5.41) is 10.8. The van der Waals surface area contributed by atoms with Gasteiger partial charge in [0.25, 0.3) is 0 Å². The third-order valence-electron chi connectivity index (χ3n) is 5.63. The van der Waals surface area contributed by atoms with E-state index in [0.717, 1.165) is 17.7 Å². The number of hydrogen-bond acceptors (Lipinski definition) is 5. The van der Waals surface area contributed by atoms with Gasteiger partial charge in [-0.15, -0.1) is 0 Å². The number of nitrogens with zero attached hydrogens (tertiary/aromatic N) is 3. The highest BCUT2D eigenvalue weighted by atomic mass is 35.5. The fourth-order valence-electron chi connectivity index (χ4n) is 3.93. The van der Waals surface area contributed by atoms with Crippen LogP contribution in [0.5, 0.6) is 5.75 Å². The number of carbonyl (C=O) groups excluding carboxylic acids is 2. The lowest BCUT2D eigenvalue weighted by molar-refractivity contribution is -0.122. The molecule has 1 saturated heterocycles. The van der Waals surface area contributed by atoms with E-state index in [4.69, 9.17) is 16.3 Å². The number of likely N-dealkylation sites (tertiary alicyclic amines) is 1. The smallest absolute Gasteiger partial charge is 0.241 e. The lowest BCUT2D eigenvalue weighted by Gasteiger charge is -2.23. The van der Waals surface area contributed by atoms with E-state index in [1.807, 2.05) is 29.2 Å². The summed E-state index contributed by atoms with van der Waals surface area (Å²) in [6.07, 6.45) is 3.20. The Balaban J connectivity index is 1.35. The molecule has 1 aliphatic rings. The van der Waals surface area contributed by atoms with Crippen molar-refractivity contribution in [3.05, 3.63) is 71.4 Å². The van der Waals surface area contributed by atoms with Gasteiger partial charge in [0.05, 0.1) is 32.4 Å². The van der Waals surface area contributed by atoms with Gasteiger partial charge in [0.15, 0.2) is 0 Å². The van der Waals surface area contributed by atoms with Crippen LogP contribution in [0.3, 0.4) is 0 Å². The van der Waals surface area contributed by atoms with Crippen molar-refractivity contribution >= 4 is 34.9 Å². The summed E-state index contributed by atoms with van der Waals surface area (Å²) in [7, 11) is 1.60. The number of carbonyl (C=O) groups is 2. The molecule has 2 amide bonds. The van der Waals surface area contributed by atoms with Crippen LogP contribution in [-0.4, -0.2) is 52.7 Å². The van der Waals surface area contributed by atoms with Crippen LogP contribution in [-0.2, 0) is 16.1 Å². The van der Waals surface area contributed by atoms with E-state index in [1.54, 1.807) is 48.3 Å². The molecular formula is C24H26ClN5O3. The predicted octanol–water partition coefficient (Wildman–Crippen LogP) is 3.64.